The van der Waals surface area contributed by atoms with Crippen LogP contribution in [0.5, 0.6) is 0 Å². The number of carbonyl (C=O) groups is 1. The van der Waals surface area contributed by atoms with Gasteiger partial charge in [0.1, 0.15) is 5.60 Å². The molecule has 0 bridgehead atoms. The molecular formula is C15H23ClO5. The second-order valence-electron chi connectivity index (χ2n) is 7.99. The lowest BCUT2D eigenvalue weighted by Gasteiger charge is -2.59. The molecule has 0 aromatic carbocycles. The van der Waals surface area contributed by atoms with Crippen molar-refractivity contribution in [1.82, 2.24) is 0 Å². The predicted molar refractivity (Wildman–Crippen MR) is 76.1 cm³/mol. The Morgan fingerprint density at radius 2 is 1.81 bits per heavy atom. The molecule has 1 spiro atoms. The minimum absolute atomic E-state index is 0.211. The summed E-state index contributed by atoms with van der Waals surface area (Å²) >= 11 is 6.42. The van der Waals surface area contributed by atoms with Gasteiger partial charge in [-0.2, -0.15) is 0 Å². The summed E-state index contributed by atoms with van der Waals surface area (Å²) in [5, 5.41) is 30.2. The van der Waals surface area contributed by atoms with E-state index in [0.717, 1.165) is 0 Å². The first-order valence-electron chi connectivity index (χ1n) is 7.37. The average Bonchev–Trinajstić information content (AvgIpc) is 3.00. The molecule has 7 atom stereocenters. The van der Waals surface area contributed by atoms with Gasteiger partial charge in [0.15, 0.2) is 0 Å². The molecule has 0 aromatic heterocycles. The number of aliphatic hydroxyl groups excluding tert-OH is 1. The van der Waals surface area contributed by atoms with Crippen LogP contribution in [0.15, 0.2) is 0 Å². The van der Waals surface area contributed by atoms with Crippen LogP contribution in [-0.2, 0) is 9.53 Å². The van der Waals surface area contributed by atoms with Gasteiger partial charge >= 0.3 is 5.97 Å². The van der Waals surface area contributed by atoms with Crippen molar-refractivity contribution in [3.05, 3.63) is 0 Å². The minimum atomic E-state index is -1.36. The Labute approximate surface area is 129 Å². The molecule has 7 unspecified atom stereocenters. The van der Waals surface area contributed by atoms with Crippen LogP contribution in [0.3, 0.4) is 0 Å². The summed E-state index contributed by atoms with van der Waals surface area (Å²) in [5.41, 5.74) is -3.49. The van der Waals surface area contributed by atoms with E-state index >= 15 is 0 Å². The Morgan fingerprint density at radius 3 is 2.33 bits per heavy atom. The van der Waals surface area contributed by atoms with E-state index in [1.54, 1.807) is 6.92 Å². The number of hydrogen-bond acceptors (Lipinski definition) is 4. The number of aliphatic carboxylic acids is 1. The van der Waals surface area contributed by atoms with Crippen molar-refractivity contribution in [2.45, 2.75) is 69.3 Å². The fourth-order valence-electron chi connectivity index (χ4n) is 5.61. The first kappa shape index (κ1) is 15.5. The van der Waals surface area contributed by atoms with Crippen LogP contribution in [0.2, 0.25) is 0 Å². The van der Waals surface area contributed by atoms with E-state index in [4.69, 9.17) is 16.3 Å². The first-order chi connectivity index (χ1) is 9.42. The summed E-state index contributed by atoms with van der Waals surface area (Å²) in [5.74, 6) is -2.05. The number of rotatable bonds is 1. The van der Waals surface area contributed by atoms with Gasteiger partial charge in [-0.3, -0.25) is 4.79 Å². The van der Waals surface area contributed by atoms with Crippen molar-refractivity contribution in [3.63, 3.8) is 0 Å². The lowest BCUT2D eigenvalue weighted by Crippen LogP contribution is -2.70. The zero-order valence-corrected chi connectivity index (χ0v) is 13.5. The molecule has 3 aliphatic rings. The monoisotopic (exact) mass is 318 g/mol. The molecule has 0 aromatic rings. The van der Waals surface area contributed by atoms with Gasteiger partial charge in [0.25, 0.3) is 0 Å². The van der Waals surface area contributed by atoms with Crippen LogP contribution >= 0.6 is 11.6 Å². The maximum Gasteiger partial charge on any atom is 0.310 e. The fraction of sp³-hybridized carbons (Fsp3) is 0.933. The molecule has 6 heteroatoms. The van der Waals surface area contributed by atoms with E-state index in [-0.39, 0.29) is 18.9 Å². The van der Waals surface area contributed by atoms with Crippen LogP contribution in [0.25, 0.3) is 0 Å². The van der Waals surface area contributed by atoms with Gasteiger partial charge in [0.2, 0.25) is 0 Å². The molecule has 1 aliphatic heterocycles. The highest BCUT2D eigenvalue weighted by atomic mass is 35.5. The highest BCUT2D eigenvalue weighted by Crippen LogP contribution is 2.74. The molecule has 0 amide bonds. The van der Waals surface area contributed by atoms with Gasteiger partial charge in [-0.1, -0.05) is 20.8 Å². The third-order valence-electron chi connectivity index (χ3n) is 6.30. The Hall–Kier alpha value is -0.360. The lowest BCUT2D eigenvalue weighted by atomic mass is 9.44. The number of carboxylic acid groups (broad SMARTS) is 1. The largest absolute Gasteiger partial charge is 0.481 e. The number of alkyl halides is 1. The second kappa shape index (κ2) is 3.94. The van der Waals surface area contributed by atoms with Crippen molar-refractivity contribution in [2.24, 2.45) is 16.7 Å². The summed E-state index contributed by atoms with van der Waals surface area (Å²) in [6, 6.07) is 0. The van der Waals surface area contributed by atoms with Crippen molar-refractivity contribution in [3.8, 4) is 0 Å². The van der Waals surface area contributed by atoms with Crippen LogP contribution in [0.4, 0.5) is 0 Å². The zero-order chi connectivity index (χ0) is 16.0. The summed E-state index contributed by atoms with van der Waals surface area (Å²) < 4.78 is 6.00. The fourth-order valence-corrected chi connectivity index (χ4v) is 5.86. The third-order valence-corrected chi connectivity index (χ3v) is 7.13. The van der Waals surface area contributed by atoms with Gasteiger partial charge in [-0.05, 0) is 13.3 Å². The van der Waals surface area contributed by atoms with E-state index in [1.807, 2.05) is 20.8 Å². The zero-order valence-electron chi connectivity index (χ0n) is 12.8. The highest BCUT2D eigenvalue weighted by Gasteiger charge is 2.84. The molecule has 2 saturated carbocycles. The number of epoxide rings is 1. The van der Waals surface area contributed by atoms with Crippen molar-refractivity contribution in [1.29, 1.82) is 0 Å². The van der Waals surface area contributed by atoms with E-state index in [2.05, 4.69) is 0 Å². The Kier molecular flexibility index (Phi) is 2.91. The summed E-state index contributed by atoms with van der Waals surface area (Å²) in [6.45, 7) is 7.20. The number of hydrogen-bond donors (Lipinski definition) is 3. The summed E-state index contributed by atoms with van der Waals surface area (Å²) in [7, 11) is 0. The number of ether oxygens (including phenoxy) is 1. The van der Waals surface area contributed by atoms with Crippen molar-refractivity contribution >= 4 is 17.6 Å². The Morgan fingerprint density at radius 1 is 1.24 bits per heavy atom. The van der Waals surface area contributed by atoms with E-state index in [1.165, 1.54) is 0 Å². The molecule has 1 saturated heterocycles. The molecule has 3 N–H and O–H groups in total. The smallest absolute Gasteiger partial charge is 0.310 e. The van der Waals surface area contributed by atoms with Crippen LogP contribution in [-0.4, -0.2) is 50.1 Å². The quantitative estimate of drug-likeness (QED) is 0.502. The van der Waals surface area contributed by atoms with Gasteiger partial charge in [0, 0.05) is 17.3 Å². The van der Waals surface area contributed by atoms with Crippen LogP contribution < -0.4 is 0 Å². The van der Waals surface area contributed by atoms with Crippen molar-refractivity contribution < 1.29 is 24.9 Å². The molecular weight excluding hydrogens is 296 g/mol. The first-order valence-corrected chi connectivity index (χ1v) is 7.80. The maximum atomic E-state index is 11.9. The van der Waals surface area contributed by atoms with Gasteiger partial charge < -0.3 is 20.1 Å². The van der Waals surface area contributed by atoms with E-state index in [0.29, 0.717) is 0 Å². The number of halogens is 1. The summed E-state index contributed by atoms with van der Waals surface area (Å²) in [6.07, 6.45) is -0.536. The van der Waals surface area contributed by atoms with Gasteiger partial charge in [-0.25, -0.2) is 0 Å². The number of carboxylic acids is 1. The topological polar surface area (TPSA) is 90.3 Å². The van der Waals surface area contributed by atoms with E-state index < -0.39 is 45.4 Å². The second-order valence-corrected chi connectivity index (χ2v) is 8.46. The summed E-state index contributed by atoms with van der Waals surface area (Å²) in [4.78, 5) is 11.9. The lowest BCUT2D eigenvalue weighted by molar-refractivity contribution is -0.193. The Bertz CT molecular complexity index is 504. The third kappa shape index (κ3) is 1.56. The van der Waals surface area contributed by atoms with E-state index in [9.17, 15) is 20.1 Å². The maximum absolute atomic E-state index is 11.9. The molecule has 3 fully saturated rings. The standard InChI is InChI=1S/C15H23ClO5/c1-12(2)10(16)7(17)5-13(3)9(11(18)19)14(4,20)6-8-15(12,13)21-8/h7-10,17,20H,5-6H2,1-4H3,(H,18,19). The normalized spacial score (nSPS) is 58.0. The molecule has 3 rings (SSSR count). The molecule has 0 radical (unpaired) electrons. The van der Waals surface area contributed by atoms with Crippen LogP contribution in [0, 0.1) is 16.7 Å². The average molecular weight is 319 g/mol. The van der Waals surface area contributed by atoms with Crippen molar-refractivity contribution in [2.75, 3.05) is 0 Å². The SMILES string of the molecule is CC1(O)CC2OC23C(C)(C)C(Cl)C(O)CC3(C)C1C(=O)O. The minimum Gasteiger partial charge on any atom is -0.481 e. The molecule has 2 aliphatic carbocycles. The molecule has 21 heavy (non-hydrogen) atoms. The van der Waals surface area contributed by atoms with Gasteiger partial charge in [0.05, 0.1) is 29.1 Å². The predicted octanol–water partition coefficient (Wildman–Crippen LogP) is 1.38. The number of aliphatic hydroxyl groups is 2. The van der Waals surface area contributed by atoms with Crippen LogP contribution in [0.1, 0.15) is 40.5 Å². The molecule has 5 nitrogen and oxygen atoms in total. The Balaban J connectivity index is 2.17. The molecule has 1 heterocycles. The highest BCUT2D eigenvalue weighted by molar-refractivity contribution is 6.21. The molecule has 120 valence electrons. The van der Waals surface area contributed by atoms with Gasteiger partial charge in [-0.15, -0.1) is 11.6 Å².